The Morgan fingerprint density at radius 1 is 1.41 bits per heavy atom. The SMILES string of the molecule is C=C/C(S)=C\C(C(C)C/C=C\C(C)(CC)CNC)C(C)NN. The molecule has 0 bridgehead atoms. The molecule has 0 aliphatic heterocycles. The van der Waals surface area contributed by atoms with Crippen molar-refractivity contribution in [2.75, 3.05) is 13.6 Å². The first-order valence-electron chi connectivity index (χ1n) is 8.15. The minimum atomic E-state index is 0.195. The number of nitrogens with one attached hydrogen (secondary N) is 2. The first-order valence-corrected chi connectivity index (χ1v) is 8.59. The molecule has 22 heavy (non-hydrogen) atoms. The zero-order chi connectivity index (χ0) is 17.2. The molecule has 4 unspecified atom stereocenters. The highest BCUT2D eigenvalue weighted by atomic mass is 32.1. The third kappa shape index (κ3) is 7.63. The maximum atomic E-state index is 5.63. The van der Waals surface area contributed by atoms with Crippen molar-refractivity contribution in [3.05, 3.63) is 35.8 Å². The molecule has 0 saturated carbocycles. The van der Waals surface area contributed by atoms with Crippen LogP contribution < -0.4 is 16.6 Å². The Labute approximate surface area is 142 Å². The topological polar surface area (TPSA) is 50.1 Å². The van der Waals surface area contributed by atoms with Crippen LogP contribution in [0.5, 0.6) is 0 Å². The zero-order valence-corrected chi connectivity index (χ0v) is 15.8. The standard InChI is InChI=1S/C18H35N3S/c1-7-16(22)12-17(15(4)21-19)14(3)10-9-11-18(5,8-2)13-20-6/h7,9,11-12,14-15,17,20-22H,1,8,10,13,19H2,2-6H3/b11-9-,16-12+. The van der Waals surface area contributed by atoms with Gasteiger partial charge in [0.25, 0.3) is 0 Å². The van der Waals surface area contributed by atoms with Crippen LogP contribution in [0.25, 0.3) is 0 Å². The molecule has 0 amide bonds. The van der Waals surface area contributed by atoms with Gasteiger partial charge >= 0.3 is 0 Å². The number of hydrogen-bond donors (Lipinski definition) is 4. The number of hydrogen-bond acceptors (Lipinski definition) is 4. The first-order chi connectivity index (χ1) is 10.3. The maximum Gasteiger partial charge on any atom is 0.0248 e. The molecular weight excluding hydrogens is 290 g/mol. The Hall–Kier alpha value is -0.550. The number of nitrogens with two attached hydrogens (primary N) is 1. The molecule has 0 rings (SSSR count). The molecule has 0 aromatic rings. The molecule has 3 nitrogen and oxygen atoms in total. The van der Waals surface area contributed by atoms with Gasteiger partial charge in [-0.3, -0.25) is 11.3 Å². The van der Waals surface area contributed by atoms with Crippen molar-refractivity contribution < 1.29 is 0 Å². The summed E-state index contributed by atoms with van der Waals surface area (Å²) >= 11 is 4.43. The van der Waals surface area contributed by atoms with Gasteiger partial charge in [-0.1, -0.05) is 51.7 Å². The van der Waals surface area contributed by atoms with Gasteiger partial charge in [-0.05, 0) is 49.0 Å². The fourth-order valence-electron chi connectivity index (χ4n) is 2.61. The van der Waals surface area contributed by atoms with E-state index in [1.807, 2.05) is 7.05 Å². The molecular formula is C18H35N3S. The molecule has 4 heteroatoms. The van der Waals surface area contributed by atoms with Gasteiger partial charge in [-0.15, -0.1) is 12.6 Å². The lowest BCUT2D eigenvalue weighted by Gasteiger charge is -2.27. The molecule has 0 aliphatic carbocycles. The van der Waals surface area contributed by atoms with Crippen molar-refractivity contribution in [1.29, 1.82) is 0 Å². The zero-order valence-electron chi connectivity index (χ0n) is 14.9. The molecule has 4 N–H and O–H groups in total. The summed E-state index contributed by atoms with van der Waals surface area (Å²) < 4.78 is 0. The first kappa shape index (κ1) is 21.4. The smallest absolute Gasteiger partial charge is 0.0248 e. The molecule has 0 aromatic carbocycles. The lowest BCUT2D eigenvalue weighted by Crippen LogP contribution is -2.40. The van der Waals surface area contributed by atoms with Crippen LogP contribution in [0.2, 0.25) is 0 Å². The quantitative estimate of drug-likeness (QED) is 0.154. The van der Waals surface area contributed by atoms with Gasteiger partial charge < -0.3 is 5.32 Å². The van der Waals surface area contributed by atoms with Crippen LogP contribution >= 0.6 is 12.6 Å². The molecule has 128 valence electrons. The Bertz CT molecular complexity index is 379. The Morgan fingerprint density at radius 2 is 2.05 bits per heavy atom. The summed E-state index contributed by atoms with van der Waals surface area (Å²) in [6.45, 7) is 13.6. The fourth-order valence-corrected chi connectivity index (χ4v) is 2.78. The van der Waals surface area contributed by atoms with E-state index in [1.54, 1.807) is 6.08 Å². The highest BCUT2D eigenvalue weighted by molar-refractivity contribution is 7.84. The van der Waals surface area contributed by atoms with Crippen molar-refractivity contribution in [2.24, 2.45) is 23.1 Å². The predicted molar refractivity (Wildman–Crippen MR) is 103 cm³/mol. The van der Waals surface area contributed by atoms with Gasteiger partial charge in [-0.2, -0.15) is 0 Å². The van der Waals surface area contributed by atoms with Gasteiger partial charge in [0.1, 0.15) is 0 Å². The van der Waals surface area contributed by atoms with E-state index < -0.39 is 0 Å². The van der Waals surface area contributed by atoms with Gasteiger partial charge in [0.2, 0.25) is 0 Å². The normalized spacial score (nSPS) is 19.7. The summed E-state index contributed by atoms with van der Waals surface area (Å²) in [7, 11) is 2.00. The van der Waals surface area contributed by atoms with Crippen LogP contribution in [0.1, 0.15) is 40.5 Å². The highest BCUT2D eigenvalue weighted by Gasteiger charge is 2.21. The third-order valence-electron chi connectivity index (χ3n) is 4.49. The van der Waals surface area contributed by atoms with Crippen molar-refractivity contribution in [3.63, 3.8) is 0 Å². The largest absolute Gasteiger partial charge is 0.319 e. The molecule has 0 aromatic heterocycles. The minimum absolute atomic E-state index is 0.195. The van der Waals surface area contributed by atoms with E-state index in [0.29, 0.717) is 11.8 Å². The summed E-state index contributed by atoms with van der Waals surface area (Å²) in [6.07, 6.45) is 10.7. The van der Waals surface area contributed by atoms with Crippen LogP contribution in [-0.4, -0.2) is 19.6 Å². The Kier molecular flexibility index (Phi) is 10.8. The van der Waals surface area contributed by atoms with Crippen molar-refractivity contribution in [1.82, 2.24) is 10.7 Å². The Balaban J connectivity index is 4.89. The van der Waals surface area contributed by atoms with Crippen molar-refractivity contribution in [2.45, 2.75) is 46.6 Å². The Morgan fingerprint density at radius 3 is 2.50 bits per heavy atom. The monoisotopic (exact) mass is 325 g/mol. The van der Waals surface area contributed by atoms with Gasteiger partial charge in [0.15, 0.2) is 0 Å². The molecule has 0 saturated heterocycles. The summed E-state index contributed by atoms with van der Waals surface area (Å²) in [5.41, 5.74) is 3.08. The van der Waals surface area contributed by atoms with Crippen LogP contribution in [-0.2, 0) is 0 Å². The number of rotatable bonds is 11. The maximum absolute atomic E-state index is 5.63. The molecule has 4 atom stereocenters. The van der Waals surface area contributed by atoms with E-state index >= 15 is 0 Å². The van der Waals surface area contributed by atoms with Crippen molar-refractivity contribution in [3.8, 4) is 0 Å². The predicted octanol–water partition coefficient (Wildman–Crippen LogP) is 3.67. The average Bonchev–Trinajstić information content (AvgIpc) is 2.51. The highest BCUT2D eigenvalue weighted by Crippen LogP contribution is 2.26. The molecule has 0 heterocycles. The van der Waals surface area contributed by atoms with Crippen LogP contribution in [0.4, 0.5) is 0 Å². The lowest BCUT2D eigenvalue weighted by atomic mass is 9.83. The summed E-state index contributed by atoms with van der Waals surface area (Å²) in [5, 5.41) is 3.27. The second-order valence-corrected chi connectivity index (χ2v) is 7.00. The number of allylic oxidation sites excluding steroid dienone is 2. The van der Waals surface area contributed by atoms with E-state index in [9.17, 15) is 0 Å². The molecule has 0 aliphatic rings. The van der Waals surface area contributed by atoms with Gasteiger partial charge in [0, 0.05) is 12.6 Å². The second-order valence-electron chi connectivity index (χ2n) is 6.48. The van der Waals surface area contributed by atoms with Crippen LogP contribution in [0, 0.1) is 17.3 Å². The molecule has 0 radical (unpaired) electrons. The second kappa shape index (κ2) is 11.1. The number of hydrazine groups is 1. The van der Waals surface area contributed by atoms with Crippen LogP contribution in [0.3, 0.4) is 0 Å². The van der Waals surface area contributed by atoms with Gasteiger partial charge in [0.05, 0.1) is 0 Å². The van der Waals surface area contributed by atoms with Gasteiger partial charge in [-0.25, -0.2) is 0 Å². The minimum Gasteiger partial charge on any atom is -0.319 e. The van der Waals surface area contributed by atoms with E-state index in [2.05, 4.69) is 75.9 Å². The lowest BCUT2D eigenvalue weighted by molar-refractivity contribution is 0.333. The van der Waals surface area contributed by atoms with E-state index in [1.165, 1.54) is 0 Å². The van der Waals surface area contributed by atoms with Crippen LogP contribution in [0.15, 0.2) is 35.8 Å². The fraction of sp³-hybridized carbons (Fsp3) is 0.667. The summed E-state index contributed by atoms with van der Waals surface area (Å²) in [4.78, 5) is 0.900. The summed E-state index contributed by atoms with van der Waals surface area (Å²) in [6, 6.07) is 0.195. The van der Waals surface area contributed by atoms with E-state index in [-0.39, 0.29) is 11.5 Å². The number of thiol groups is 1. The molecule has 0 spiro atoms. The molecule has 0 fully saturated rings. The van der Waals surface area contributed by atoms with E-state index in [4.69, 9.17) is 5.84 Å². The third-order valence-corrected chi connectivity index (χ3v) is 4.82. The van der Waals surface area contributed by atoms with E-state index in [0.717, 1.165) is 24.3 Å². The van der Waals surface area contributed by atoms with Crippen molar-refractivity contribution >= 4 is 12.6 Å². The summed E-state index contributed by atoms with van der Waals surface area (Å²) in [5.74, 6) is 6.42. The average molecular weight is 326 g/mol.